The van der Waals surface area contributed by atoms with Gasteiger partial charge in [0.1, 0.15) is 11.7 Å². The Morgan fingerprint density at radius 2 is 1.14 bits per heavy atom. The molecule has 1 heterocycles. The zero-order valence-electron chi connectivity index (χ0n) is 19.6. The standard InChI is InChI=1S/C31H30O4/c32-28-23-33-30(24-13-5-1-6-14-24)35-29(28)21-22-34-31(25-15-7-2-8-16-25,26-17-9-3-10-18-26)27-19-11-4-12-20-27/h1-20,28-30,32H,21-23H2/t28-,29+,30?/m1/s1. The van der Waals surface area contributed by atoms with Crippen LogP contribution in [0.15, 0.2) is 121 Å². The van der Waals surface area contributed by atoms with Crippen molar-refractivity contribution in [3.8, 4) is 0 Å². The fourth-order valence-corrected chi connectivity index (χ4v) is 4.72. The smallest absolute Gasteiger partial charge is 0.184 e. The quantitative estimate of drug-likeness (QED) is 0.331. The first kappa shape index (κ1) is 23.5. The second-order valence-corrected chi connectivity index (χ2v) is 8.73. The molecule has 0 saturated carbocycles. The third-order valence-corrected chi connectivity index (χ3v) is 6.48. The van der Waals surface area contributed by atoms with Crippen LogP contribution in [-0.4, -0.2) is 30.5 Å². The summed E-state index contributed by atoms with van der Waals surface area (Å²) >= 11 is 0. The van der Waals surface area contributed by atoms with Gasteiger partial charge in [0.05, 0.1) is 19.3 Å². The van der Waals surface area contributed by atoms with Crippen LogP contribution in [0, 0.1) is 0 Å². The lowest BCUT2D eigenvalue weighted by atomic mass is 9.80. The molecule has 4 aromatic carbocycles. The van der Waals surface area contributed by atoms with Gasteiger partial charge in [-0.15, -0.1) is 0 Å². The Hall–Kier alpha value is -3.28. The first-order valence-corrected chi connectivity index (χ1v) is 12.1. The molecule has 0 amide bonds. The number of hydrogen-bond acceptors (Lipinski definition) is 4. The van der Waals surface area contributed by atoms with Crippen molar-refractivity contribution in [3.63, 3.8) is 0 Å². The van der Waals surface area contributed by atoms with Gasteiger partial charge < -0.3 is 19.3 Å². The molecule has 1 aliphatic heterocycles. The molecule has 4 nitrogen and oxygen atoms in total. The minimum atomic E-state index is -0.793. The molecule has 0 spiro atoms. The topological polar surface area (TPSA) is 47.9 Å². The summed E-state index contributed by atoms with van der Waals surface area (Å²) in [5, 5.41) is 10.6. The van der Waals surface area contributed by atoms with E-state index in [4.69, 9.17) is 14.2 Å². The molecular weight excluding hydrogens is 436 g/mol. The number of ether oxygens (including phenoxy) is 3. The van der Waals surface area contributed by atoms with Crippen molar-refractivity contribution in [2.75, 3.05) is 13.2 Å². The van der Waals surface area contributed by atoms with Crippen LogP contribution in [0.5, 0.6) is 0 Å². The van der Waals surface area contributed by atoms with Crippen molar-refractivity contribution in [1.29, 1.82) is 0 Å². The molecule has 178 valence electrons. The van der Waals surface area contributed by atoms with Gasteiger partial charge >= 0.3 is 0 Å². The number of rotatable bonds is 8. The maximum Gasteiger partial charge on any atom is 0.184 e. The van der Waals surface area contributed by atoms with Gasteiger partial charge in [0, 0.05) is 5.56 Å². The Labute approximate surface area is 206 Å². The van der Waals surface area contributed by atoms with Gasteiger partial charge in [0.25, 0.3) is 0 Å². The van der Waals surface area contributed by atoms with Gasteiger partial charge in [-0.1, -0.05) is 121 Å². The monoisotopic (exact) mass is 466 g/mol. The van der Waals surface area contributed by atoms with E-state index in [1.165, 1.54) is 0 Å². The summed E-state index contributed by atoms with van der Waals surface area (Å²) in [6.07, 6.45) is -1.07. The summed E-state index contributed by atoms with van der Waals surface area (Å²) in [4.78, 5) is 0. The van der Waals surface area contributed by atoms with Crippen LogP contribution < -0.4 is 0 Å². The van der Waals surface area contributed by atoms with Crippen LogP contribution in [0.1, 0.15) is 35.0 Å². The number of hydrogen-bond donors (Lipinski definition) is 1. The molecule has 35 heavy (non-hydrogen) atoms. The zero-order chi connectivity index (χ0) is 23.9. The SMILES string of the molecule is O[C@@H]1COC(c2ccccc2)O[C@H]1CCOC(c1ccccc1)(c1ccccc1)c1ccccc1. The fourth-order valence-electron chi connectivity index (χ4n) is 4.72. The molecule has 0 aromatic heterocycles. The Kier molecular flexibility index (Phi) is 7.36. The number of benzene rings is 4. The highest BCUT2D eigenvalue weighted by atomic mass is 16.7. The lowest BCUT2D eigenvalue weighted by Gasteiger charge is -2.38. The average molecular weight is 467 g/mol. The van der Waals surface area contributed by atoms with Crippen LogP contribution in [-0.2, 0) is 19.8 Å². The fraction of sp³-hybridized carbons (Fsp3) is 0.226. The second kappa shape index (κ2) is 11.0. The molecule has 1 unspecified atom stereocenters. The summed E-state index contributed by atoms with van der Waals surface area (Å²) in [7, 11) is 0. The normalized spacial score (nSPS) is 20.4. The van der Waals surface area contributed by atoms with Gasteiger partial charge in [-0.05, 0) is 23.1 Å². The van der Waals surface area contributed by atoms with Crippen molar-refractivity contribution in [2.24, 2.45) is 0 Å². The van der Waals surface area contributed by atoms with E-state index < -0.39 is 24.1 Å². The molecule has 1 saturated heterocycles. The predicted octanol–water partition coefficient (Wildman–Crippen LogP) is 5.86. The van der Waals surface area contributed by atoms with Gasteiger partial charge in [-0.25, -0.2) is 0 Å². The largest absolute Gasteiger partial charge is 0.388 e. The minimum Gasteiger partial charge on any atom is -0.388 e. The molecule has 1 aliphatic rings. The second-order valence-electron chi connectivity index (χ2n) is 8.73. The lowest BCUT2D eigenvalue weighted by molar-refractivity contribution is -0.260. The zero-order valence-corrected chi connectivity index (χ0v) is 19.6. The lowest BCUT2D eigenvalue weighted by Crippen LogP contribution is -2.42. The molecule has 3 atom stereocenters. The van der Waals surface area contributed by atoms with E-state index in [0.29, 0.717) is 13.0 Å². The molecular formula is C31H30O4. The Balaban J connectivity index is 1.42. The van der Waals surface area contributed by atoms with Crippen LogP contribution in [0.4, 0.5) is 0 Å². The van der Waals surface area contributed by atoms with E-state index in [2.05, 4.69) is 36.4 Å². The summed E-state index contributed by atoms with van der Waals surface area (Å²) in [5.41, 5.74) is 3.30. The van der Waals surface area contributed by atoms with Crippen LogP contribution >= 0.6 is 0 Å². The third kappa shape index (κ3) is 5.07. The molecule has 0 radical (unpaired) electrons. The van der Waals surface area contributed by atoms with Crippen molar-refractivity contribution in [1.82, 2.24) is 0 Å². The van der Waals surface area contributed by atoms with E-state index in [-0.39, 0.29) is 6.61 Å². The van der Waals surface area contributed by atoms with E-state index in [1.807, 2.05) is 84.9 Å². The summed E-state index contributed by atoms with van der Waals surface area (Å²) in [5.74, 6) is 0. The Bertz CT molecular complexity index is 1070. The highest BCUT2D eigenvalue weighted by Gasteiger charge is 2.38. The summed E-state index contributed by atoms with van der Waals surface area (Å²) < 4.78 is 18.8. The van der Waals surface area contributed by atoms with Crippen LogP contribution in [0.3, 0.4) is 0 Å². The van der Waals surface area contributed by atoms with Crippen molar-refractivity contribution >= 4 is 0 Å². The van der Waals surface area contributed by atoms with Crippen molar-refractivity contribution in [2.45, 2.75) is 30.5 Å². The predicted molar refractivity (Wildman–Crippen MR) is 136 cm³/mol. The molecule has 5 rings (SSSR count). The van der Waals surface area contributed by atoms with Crippen LogP contribution in [0.25, 0.3) is 0 Å². The summed E-state index contributed by atoms with van der Waals surface area (Å²) in [6, 6.07) is 40.7. The Morgan fingerprint density at radius 1 is 0.686 bits per heavy atom. The number of aliphatic hydroxyl groups excluding tert-OH is 1. The van der Waals surface area contributed by atoms with E-state index >= 15 is 0 Å². The van der Waals surface area contributed by atoms with Gasteiger partial charge in [-0.2, -0.15) is 0 Å². The first-order valence-electron chi connectivity index (χ1n) is 12.1. The van der Waals surface area contributed by atoms with Crippen molar-refractivity contribution < 1.29 is 19.3 Å². The molecule has 4 heteroatoms. The van der Waals surface area contributed by atoms with Crippen molar-refractivity contribution in [3.05, 3.63) is 144 Å². The van der Waals surface area contributed by atoms with E-state index in [1.54, 1.807) is 0 Å². The highest BCUT2D eigenvalue weighted by Crippen LogP contribution is 2.41. The van der Waals surface area contributed by atoms with E-state index in [0.717, 1.165) is 22.3 Å². The molecule has 0 bridgehead atoms. The first-order chi connectivity index (χ1) is 17.3. The van der Waals surface area contributed by atoms with Gasteiger partial charge in [0.2, 0.25) is 0 Å². The third-order valence-electron chi connectivity index (χ3n) is 6.48. The van der Waals surface area contributed by atoms with Gasteiger partial charge in [-0.3, -0.25) is 0 Å². The maximum absolute atomic E-state index is 10.6. The van der Waals surface area contributed by atoms with Gasteiger partial charge in [0.15, 0.2) is 6.29 Å². The molecule has 4 aromatic rings. The molecule has 1 fully saturated rings. The summed E-state index contributed by atoms with van der Waals surface area (Å²) in [6.45, 7) is 0.618. The van der Waals surface area contributed by atoms with E-state index in [9.17, 15) is 5.11 Å². The molecule has 0 aliphatic carbocycles. The number of aliphatic hydroxyl groups is 1. The van der Waals surface area contributed by atoms with Crippen LogP contribution in [0.2, 0.25) is 0 Å². The maximum atomic E-state index is 10.6. The molecule has 1 N–H and O–H groups in total. The average Bonchev–Trinajstić information content (AvgIpc) is 2.94. The highest BCUT2D eigenvalue weighted by molar-refractivity contribution is 5.47. The minimum absolute atomic E-state index is 0.228. The Morgan fingerprint density at radius 3 is 1.63 bits per heavy atom.